The van der Waals surface area contributed by atoms with Crippen molar-refractivity contribution in [1.82, 2.24) is 4.98 Å². The first-order valence-electron chi connectivity index (χ1n) is 5.48. The standard InChI is InChI=1S/C11H17N3S/c1-10(2)6-4-5-11(10,3)8-7(6)15-9(13-8)14-12/h6H,4-5,12H2,1-3H3,(H,13,14)/t6-,11+/m1/s1. The predicted molar refractivity (Wildman–Crippen MR) is 63.0 cm³/mol. The summed E-state index contributed by atoms with van der Waals surface area (Å²) in [6, 6.07) is 0. The van der Waals surface area contributed by atoms with Gasteiger partial charge in [-0.05, 0) is 18.3 Å². The predicted octanol–water partition coefficient (Wildman–Crippen LogP) is 2.60. The second-order valence-corrected chi connectivity index (χ2v) is 6.55. The van der Waals surface area contributed by atoms with Gasteiger partial charge in [-0.2, -0.15) is 0 Å². The minimum atomic E-state index is 0.263. The maximum Gasteiger partial charge on any atom is 0.197 e. The highest BCUT2D eigenvalue weighted by atomic mass is 32.1. The Hall–Kier alpha value is -0.610. The van der Waals surface area contributed by atoms with Gasteiger partial charge in [0.2, 0.25) is 0 Å². The minimum Gasteiger partial charge on any atom is -0.300 e. The molecule has 1 aromatic heterocycles. The number of hydrazine groups is 1. The zero-order valence-corrected chi connectivity index (χ0v) is 10.2. The van der Waals surface area contributed by atoms with Crippen molar-refractivity contribution in [2.75, 3.05) is 5.43 Å². The van der Waals surface area contributed by atoms with E-state index in [2.05, 4.69) is 31.2 Å². The summed E-state index contributed by atoms with van der Waals surface area (Å²) >= 11 is 1.74. The van der Waals surface area contributed by atoms with Crippen LogP contribution in [0.3, 0.4) is 0 Å². The Morgan fingerprint density at radius 1 is 1.47 bits per heavy atom. The maximum atomic E-state index is 5.43. The highest BCUT2D eigenvalue weighted by Gasteiger charge is 2.61. The van der Waals surface area contributed by atoms with Crippen LogP contribution in [-0.4, -0.2) is 4.98 Å². The van der Waals surface area contributed by atoms with Crippen LogP contribution in [0.5, 0.6) is 0 Å². The van der Waals surface area contributed by atoms with Gasteiger partial charge in [-0.25, -0.2) is 10.8 Å². The largest absolute Gasteiger partial charge is 0.300 e. The van der Waals surface area contributed by atoms with E-state index >= 15 is 0 Å². The lowest BCUT2D eigenvalue weighted by Gasteiger charge is -2.34. The molecule has 1 heterocycles. The normalized spacial score (nSPS) is 35.6. The fraction of sp³-hybridized carbons (Fsp3) is 0.727. The van der Waals surface area contributed by atoms with Crippen LogP contribution in [0.25, 0.3) is 0 Å². The summed E-state index contributed by atoms with van der Waals surface area (Å²) < 4.78 is 0. The van der Waals surface area contributed by atoms with Gasteiger partial charge in [0, 0.05) is 16.2 Å². The number of fused-ring (bicyclic) bond motifs is 5. The quantitative estimate of drug-likeness (QED) is 0.568. The fourth-order valence-corrected chi connectivity index (χ4v) is 4.73. The number of rotatable bonds is 1. The number of aromatic nitrogens is 1. The molecule has 0 spiro atoms. The smallest absolute Gasteiger partial charge is 0.197 e. The van der Waals surface area contributed by atoms with Gasteiger partial charge in [0.25, 0.3) is 0 Å². The number of anilines is 1. The van der Waals surface area contributed by atoms with Gasteiger partial charge in [-0.1, -0.05) is 20.8 Å². The molecule has 82 valence electrons. The van der Waals surface area contributed by atoms with Crippen LogP contribution in [0.15, 0.2) is 0 Å². The van der Waals surface area contributed by atoms with E-state index in [0.717, 1.165) is 5.13 Å². The molecule has 3 rings (SSSR count). The molecule has 1 saturated carbocycles. The number of thiazole rings is 1. The maximum absolute atomic E-state index is 5.43. The van der Waals surface area contributed by atoms with Gasteiger partial charge in [0.05, 0.1) is 5.69 Å². The molecule has 2 bridgehead atoms. The van der Waals surface area contributed by atoms with Crippen molar-refractivity contribution in [2.24, 2.45) is 11.3 Å². The van der Waals surface area contributed by atoms with Crippen molar-refractivity contribution in [3.8, 4) is 0 Å². The lowest BCUT2D eigenvalue weighted by atomic mass is 9.70. The molecule has 0 aliphatic heterocycles. The van der Waals surface area contributed by atoms with E-state index in [-0.39, 0.29) is 5.41 Å². The molecule has 0 saturated heterocycles. The van der Waals surface area contributed by atoms with Crippen molar-refractivity contribution >= 4 is 16.5 Å². The first-order valence-corrected chi connectivity index (χ1v) is 6.30. The summed E-state index contributed by atoms with van der Waals surface area (Å²) in [5.74, 6) is 6.12. The van der Waals surface area contributed by atoms with Crippen molar-refractivity contribution in [3.63, 3.8) is 0 Å². The molecule has 0 aromatic carbocycles. The van der Waals surface area contributed by atoms with Crippen LogP contribution >= 0.6 is 11.3 Å². The van der Waals surface area contributed by atoms with Gasteiger partial charge in [0.1, 0.15) is 0 Å². The van der Waals surface area contributed by atoms with Crippen molar-refractivity contribution in [3.05, 3.63) is 10.6 Å². The Kier molecular flexibility index (Phi) is 1.63. The minimum absolute atomic E-state index is 0.263. The molecule has 1 fully saturated rings. The Morgan fingerprint density at radius 3 is 2.80 bits per heavy atom. The number of hydrogen-bond donors (Lipinski definition) is 2. The van der Waals surface area contributed by atoms with Crippen LogP contribution in [0, 0.1) is 5.41 Å². The third-order valence-corrected chi connectivity index (χ3v) is 5.94. The van der Waals surface area contributed by atoms with E-state index in [1.165, 1.54) is 23.4 Å². The Balaban J connectivity index is 2.20. The summed E-state index contributed by atoms with van der Waals surface area (Å²) in [5, 5.41) is 0.869. The summed E-state index contributed by atoms with van der Waals surface area (Å²) in [5.41, 5.74) is 4.62. The highest BCUT2D eigenvalue weighted by molar-refractivity contribution is 7.15. The molecule has 3 nitrogen and oxygen atoms in total. The van der Waals surface area contributed by atoms with Gasteiger partial charge < -0.3 is 0 Å². The highest BCUT2D eigenvalue weighted by Crippen LogP contribution is 2.68. The molecule has 0 unspecified atom stereocenters. The second-order valence-electron chi connectivity index (χ2n) is 5.52. The van der Waals surface area contributed by atoms with Crippen LogP contribution in [0.2, 0.25) is 0 Å². The molecule has 2 aliphatic carbocycles. The second kappa shape index (κ2) is 2.55. The monoisotopic (exact) mass is 223 g/mol. The van der Waals surface area contributed by atoms with Gasteiger partial charge in [-0.3, -0.25) is 5.43 Å². The van der Waals surface area contributed by atoms with Crippen LogP contribution in [0.4, 0.5) is 5.13 Å². The molecule has 0 amide bonds. The Bertz CT molecular complexity index is 423. The zero-order chi connectivity index (χ0) is 10.8. The summed E-state index contributed by atoms with van der Waals surface area (Å²) in [6.07, 6.45) is 2.58. The van der Waals surface area contributed by atoms with E-state index in [1.54, 1.807) is 11.3 Å². The fourth-order valence-electron chi connectivity index (χ4n) is 3.41. The number of nitrogen functional groups attached to an aromatic ring is 1. The first-order chi connectivity index (χ1) is 7.00. The molecule has 2 aliphatic rings. The van der Waals surface area contributed by atoms with Crippen LogP contribution in [-0.2, 0) is 5.41 Å². The molecular weight excluding hydrogens is 206 g/mol. The first kappa shape index (κ1) is 9.60. The number of hydrogen-bond acceptors (Lipinski definition) is 4. The molecular formula is C11H17N3S. The van der Waals surface area contributed by atoms with Gasteiger partial charge in [-0.15, -0.1) is 11.3 Å². The van der Waals surface area contributed by atoms with Crippen molar-refractivity contribution in [2.45, 2.75) is 44.9 Å². The summed E-state index contributed by atoms with van der Waals surface area (Å²) in [6.45, 7) is 7.13. The molecule has 15 heavy (non-hydrogen) atoms. The SMILES string of the molecule is CC1(C)[C@@H]2CC[C@@]1(C)c1nc(NN)sc12. The van der Waals surface area contributed by atoms with E-state index in [1.807, 2.05) is 0 Å². The van der Waals surface area contributed by atoms with E-state index in [4.69, 9.17) is 5.84 Å². The molecule has 2 atom stereocenters. The van der Waals surface area contributed by atoms with Crippen LogP contribution in [0.1, 0.15) is 50.1 Å². The van der Waals surface area contributed by atoms with Crippen molar-refractivity contribution < 1.29 is 0 Å². The number of nitrogens with zero attached hydrogens (tertiary/aromatic N) is 1. The molecule has 0 radical (unpaired) electrons. The third-order valence-electron chi connectivity index (χ3n) is 4.84. The Labute approximate surface area is 94.1 Å². The lowest BCUT2D eigenvalue weighted by Crippen LogP contribution is -2.32. The number of nitrogens with one attached hydrogen (secondary N) is 1. The molecule has 1 aromatic rings. The average Bonchev–Trinajstić information content (AvgIpc) is 2.74. The topological polar surface area (TPSA) is 50.9 Å². The average molecular weight is 223 g/mol. The molecule has 3 N–H and O–H groups in total. The summed E-state index contributed by atoms with van der Waals surface area (Å²) in [7, 11) is 0. The van der Waals surface area contributed by atoms with E-state index < -0.39 is 0 Å². The zero-order valence-electron chi connectivity index (χ0n) is 9.42. The van der Waals surface area contributed by atoms with Gasteiger partial charge in [0.15, 0.2) is 5.13 Å². The number of nitrogens with two attached hydrogens (primary N) is 1. The van der Waals surface area contributed by atoms with Crippen LogP contribution < -0.4 is 11.3 Å². The Morgan fingerprint density at radius 2 is 2.20 bits per heavy atom. The van der Waals surface area contributed by atoms with Gasteiger partial charge >= 0.3 is 0 Å². The summed E-state index contributed by atoms with van der Waals surface area (Å²) in [4.78, 5) is 6.12. The van der Waals surface area contributed by atoms with E-state index in [9.17, 15) is 0 Å². The lowest BCUT2D eigenvalue weighted by molar-refractivity contribution is 0.227. The van der Waals surface area contributed by atoms with E-state index in [0.29, 0.717) is 11.3 Å². The molecule has 4 heteroatoms. The third kappa shape index (κ3) is 0.882. The van der Waals surface area contributed by atoms with Crippen molar-refractivity contribution in [1.29, 1.82) is 0 Å².